The Morgan fingerprint density at radius 1 is 1.00 bits per heavy atom. The standard InChI is InChI=1S/C21H18N4O4S/c26-18(24-23-13-17-11-12-19(30-17)25(28)29)14-22-21(27)20(15-7-3-1-4-8-15)16-9-5-2-6-10-16/h1-13,20H,14H2,(H,22,27)(H,24,26). The highest BCUT2D eigenvalue weighted by atomic mass is 32.1. The minimum Gasteiger partial charge on any atom is -0.346 e. The third-order valence-corrected chi connectivity index (χ3v) is 5.10. The van der Waals surface area contributed by atoms with Crippen molar-refractivity contribution in [3.05, 3.63) is 98.9 Å². The first-order valence-corrected chi connectivity index (χ1v) is 9.80. The lowest BCUT2D eigenvalue weighted by Gasteiger charge is -2.17. The van der Waals surface area contributed by atoms with Gasteiger partial charge in [0.2, 0.25) is 5.91 Å². The molecule has 0 fully saturated rings. The van der Waals surface area contributed by atoms with E-state index in [1.165, 1.54) is 18.3 Å². The summed E-state index contributed by atoms with van der Waals surface area (Å²) in [6, 6.07) is 21.5. The maximum absolute atomic E-state index is 12.8. The van der Waals surface area contributed by atoms with Gasteiger partial charge < -0.3 is 5.32 Å². The quantitative estimate of drug-likeness (QED) is 0.330. The van der Waals surface area contributed by atoms with E-state index in [0.717, 1.165) is 22.5 Å². The molecule has 3 rings (SSSR count). The van der Waals surface area contributed by atoms with E-state index in [-0.39, 0.29) is 17.5 Å². The highest BCUT2D eigenvalue weighted by Crippen LogP contribution is 2.24. The number of nitrogens with one attached hydrogen (secondary N) is 2. The Morgan fingerprint density at radius 3 is 2.13 bits per heavy atom. The monoisotopic (exact) mass is 422 g/mol. The maximum Gasteiger partial charge on any atom is 0.324 e. The Morgan fingerprint density at radius 2 is 1.60 bits per heavy atom. The first kappa shape index (κ1) is 20.9. The van der Waals surface area contributed by atoms with Crippen LogP contribution in [0.1, 0.15) is 21.9 Å². The lowest BCUT2D eigenvalue weighted by Crippen LogP contribution is -2.37. The van der Waals surface area contributed by atoms with Gasteiger partial charge in [0.15, 0.2) is 0 Å². The van der Waals surface area contributed by atoms with Gasteiger partial charge in [-0.05, 0) is 17.2 Å². The van der Waals surface area contributed by atoms with Gasteiger partial charge in [-0.1, -0.05) is 72.0 Å². The molecule has 30 heavy (non-hydrogen) atoms. The van der Waals surface area contributed by atoms with E-state index in [0.29, 0.717) is 4.88 Å². The van der Waals surface area contributed by atoms with Crippen LogP contribution in [0, 0.1) is 10.1 Å². The first-order chi connectivity index (χ1) is 14.5. The number of amides is 2. The van der Waals surface area contributed by atoms with Gasteiger partial charge in [-0.3, -0.25) is 19.7 Å². The molecule has 2 aromatic carbocycles. The molecule has 3 aromatic rings. The summed E-state index contributed by atoms with van der Waals surface area (Å²) in [5, 5.41) is 17.1. The van der Waals surface area contributed by atoms with Crippen molar-refractivity contribution in [2.45, 2.75) is 5.92 Å². The molecular formula is C21H18N4O4S. The number of carbonyl (C=O) groups excluding carboxylic acids is 2. The number of carbonyl (C=O) groups is 2. The minimum atomic E-state index is -0.546. The summed E-state index contributed by atoms with van der Waals surface area (Å²) in [6.45, 7) is -0.253. The highest BCUT2D eigenvalue weighted by molar-refractivity contribution is 7.16. The van der Waals surface area contributed by atoms with Crippen LogP contribution in [0.4, 0.5) is 5.00 Å². The van der Waals surface area contributed by atoms with Crippen LogP contribution in [0.3, 0.4) is 0 Å². The molecule has 0 saturated heterocycles. The van der Waals surface area contributed by atoms with Crippen LogP contribution in [-0.2, 0) is 9.59 Å². The smallest absolute Gasteiger partial charge is 0.324 e. The summed E-state index contributed by atoms with van der Waals surface area (Å²) in [5.41, 5.74) is 3.93. The maximum atomic E-state index is 12.8. The lowest BCUT2D eigenvalue weighted by molar-refractivity contribution is -0.380. The zero-order valence-electron chi connectivity index (χ0n) is 15.7. The van der Waals surface area contributed by atoms with Crippen molar-refractivity contribution in [2.75, 3.05) is 6.54 Å². The van der Waals surface area contributed by atoms with Crippen molar-refractivity contribution < 1.29 is 14.5 Å². The second-order valence-corrected chi connectivity index (χ2v) is 7.29. The van der Waals surface area contributed by atoms with E-state index in [1.54, 1.807) is 0 Å². The van der Waals surface area contributed by atoms with Crippen molar-refractivity contribution >= 4 is 34.4 Å². The van der Waals surface area contributed by atoms with E-state index in [1.807, 2.05) is 60.7 Å². The largest absolute Gasteiger partial charge is 0.346 e. The van der Waals surface area contributed by atoms with Crippen LogP contribution >= 0.6 is 11.3 Å². The van der Waals surface area contributed by atoms with Gasteiger partial charge in [-0.25, -0.2) is 5.43 Å². The average molecular weight is 422 g/mol. The normalized spacial score (nSPS) is 10.8. The van der Waals surface area contributed by atoms with E-state index < -0.39 is 16.7 Å². The molecule has 1 heterocycles. The predicted molar refractivity (Wildman–Crippen MR) is 114 cm³/mol. The number of thiophene rings is 1. The molecule has 9 heteroatoms. The summed E-state index contributed by atoms with van der Waals surface area (Å²) >= 11 is 0.941. The number of hydrazone groups is 1. The molecule has 2 amide bonds. The third-order valence-electron chi connectivity index (χ3n) is 4.12. The van der Waals surface area contributed by atoms with Gasteiger partial charge >= 0.3 is 5.00 Å². The highest BCUT2D eigenvalue weighted by Gasteiger charge is 2.22. The van der Waals surface area contributed by atoms with E-state index >= 15 is 0 Å². The Kier molecular flexibility index (Phi) is 7.01. The van der Waals surface area contributed by atoms with Gasteiger partial charge in [0.1, 0.15) is 0 Å². The number of nitro groups is 1. The molecule has 152 valence electrons. The van der Waals surface area contributed by atoms with Crippen LogP contribution in [0.15, 0.2) is 77.9 Å². The Balaban J connectivity index is 1.59. The van der Waals surface area contributed by atoms with Crippen LogP contribution in [0.2, 0.25) is 0 Å². The van der Waals surface area contributed by atoms with Gasteiger partial charge in [-0.15, -0.1) is 0 Å². The molecule has 0 atom stereocenters. The first-order valence-electron chi connectivity index (χ1n) is 8.98. The van der Waals surface area contributed by atoms with Crippen molar-refractivity contribution in [2.24, 2.45) is 5.10 Å². The zero-order valence-corrected chi connectivity index (χ0v) is 16.5. The molecule has 0 spiro atoms. The molecule has 0 aliphatic heterocycles. The predicted octanol–water partition coefficient (Wildman–Crippen LogP) is 3.05. The summed E-state index contributed by atoms with van der Waals surface area (Å²) in [7, 11) is 0. The molecule has 0 aliphatic carbocycles. The number of rotatable bonds is 8. The van der Waals surface area contributed by atoms with Crippen LogP contribution in [0.5, 0.6) is 0 Å². The molecule has 8 nitrogen and oxygen atoms in total. The van der Waals surface area contributed by atoms with Crippen molar-refractivity contribution in [1.29, 1.82) is 0 Å². The fraction of sp³-hybridized carbons (Fsp3) is 0.0952. The van der Waals surface area contributed by atoms with Gasteiger partial charge in [-0.2, -0.15) is 5.10 Å². The van der Waals surface area contributed by atoms with Crippen LogP contribution < -0.4 is 10.7 Å². The molecule has 2 N–H and O–H groups in total. The number of benzene rings is 2. The van der Waals surface area contributed by atoms with Crippen molar-refractivity contribution in [3.8, 4) is 0 Å². The molecule has 0 saturated carbocycles. The Bertz CT molecular complexity index is 1010. The minimum absolute atomic E-state index is 0.0112. The Hall–Kier alpha value is -3.85. The van der Waals surface area contributed by atoms with E-state index in [4.69, 9.17) is 0 Å². The van der Waals surface area contributed by atoms with Crippen molar-refractivity contribution in [1.82, 2.24) is 10.7 Å². The number of hydrogen-bond donors (Lipinski definition) is 2. The average Bonchev–Trinajstić information content (AvgIpc) is 3.23. The molecule has 0 bridgehead atoms. The topological polar surface area (TPSA) is 114 Å². The van der Waals surface area contributed by atoms with Crippen LogP contribution in [0.25, 0.3) is 0 Å². The molecule has 1 aromatic heterocycles. The Labute approximate surface area is 176 Å². The zero-order chi connectivity index (χ0) is 21.3. The second kappa shape index (κ2) is 10.1. The number of hydrogen-bond acceptors (Lipinski definition) is 6. The van der Waals surface area contributed by atoms with Gasteiger partial charge in [0.25, 0.3) is 5.91 Å². The molecule has 0 unspecified atom stereocenters. The summed E-state index contributed by atoms with van der Waals surface area (Å²) in [4.78, 5) is 35.5. The fourth-order valence-electron chi connectivity index (χ4n) is 2.77. The molecule has 0 aliphatic rings. The summed E-state index contributed by atoms with van der Waals surface area (Å²) in [6.07, 6.45) is 1.31. The van der Waals surface area contributed by atoms with Crippen molar-refractivity contribution in [3.63, 3.8) is 0 Å². The number of nitrogens with zero attached hydrogens (tertiary/aromatic N) is 2. The second-order valence-electron chi connectivity index (χ2n) is 6.20. The van der Waals surface area contributed by atoms with Gasteiger partial charge in [0.05, 0.1) is 28.5 Å². The lowest BCUT2D eigenvalue weighted by atomic mass is 9.90. The summed E-state index contributed by atoms with van der Waals surface area (Å²) in [5.74, 6) is -1.36. The van der Waals surface area contributed by atoms with Crippen LogP contribution in [-0.4, -0.2) is 29.5 Å². The van der Waals surface area contributed by atoms with Gasteiger partial charge in [0, 0.05) is 6.07 Å². The molecular weight excluding hydrogens is 404 g/mol. The van der Waals surface area contributed by atoms with E-state index in [9.17, 15) is 19.7 Å². The van der Waals surface area contributed by atoms with E-state index in [2.05, 4.69) is 15.8 Å². The molecule has 0 radical (unpaired) electrons. The third kappa shape index (κ3) is 5.58. The summed E-state index contributed by atoms with van der Waals surface area (Å²) < 4.78 is 0. The fourth-order valence-corrected chi connectivity index (χ4v) is 3.47. The SMILES string of the molecule is O=C(CNC(=O)C(c1ccccc1)c1ccccc1)NN=Cc1ccc([N+](=O)[O-])s1.